The molecule has 21 heavy (non-hydrogen) atoms. The predicted molar refractivity (Wildman–Crippen MR) is 81.6 cm³/mol. The van der Waals surface area contributed by atoms with Crippen LogP contribution < -0.4 is 4.74 Å². The smallest absolute Gasteiger partial charge is 0.228 e. The first-order valence-corrected chi connectivity index (χ1v) is 8.22. The highest BCUT2D eigenvalue weighted by molar-refractivity contribution is 7.98. The minimum atomic E-state index is 0.682. The van der Waals surface area contributed by atoms with Crippen molar-refractivity contribution in [3.05, 3.63) is 29.3 Å². The van der Waals surface area contributed by atoms with Crippen molar-refractivity contribution in [3.8, 4) is 17.5 Å². The van der Waals surface area contributed by atoms with E-state index in [1.807, 2.05) is 22.1 Å². The number of nitrogens with zero attached hydrogens (tertiary/aromatic N) is 4. The number of furan rings is 1. The average Bonchev–Trinajstić information content (AvgIpc) is 3.23. The lowest BCUT2D eigenvalue weighted by atomic mass is 10.4. The van der Waals surface area contributed by atoms with Crippen molar-refractivity contribution in [3.63, 3.8) is 0 Å². The van der Waals surface area contributed by atoms with E-state index in [-0.39, 0.29) is 0 Å². The second kappa shape index (κ2) is 6.31. The molecule has 0 bridgehead atoms. The van der Waals surface area contributed by atoms with Gasteiger partial charge in [0.15, 0.2) is 16.7 Å². The first-order valence-electron chi connectivity index (χ1n) is 6.40. The Bertz CT molecular complexity index is 706. The van der Waals surface area contributed by atoms with Crippen LogP contribution in [-0.4, -0.2) is 26.2 Å². The van der Waals surface area contributed by atoms with Gasteiger partial charge in [0.2, 0.25) is 5.88 Å². The lowest BCUT2D eigenvalue weighted by Gasteiger charge is -2.05. The molecule has 0 atom stereocenters. The first-order chi connectivity index (χ1) is 10.3. The fourth-order valence-corrected chi connectivity index (χ4v) is 3.64. The quantitative estimate of drug-likeness (QED) is 0.649. The normalized spacial score (nSPS) is 11.0. The largest absolute Gasteiger partial charge is 0.480 e. The van der Waals surface area contributed by atoms with E-state index in [1.54, 1.807) is 25.1 Å². The zero-order valence-electron chi connectivity index (χ0n) is 11.6. The summed E-state index contributed by atoms with van der Waals surface area (Å²) in [6.07, 6.45) is 1.64. The van der Waals surface area contributed by atoms with Crippen LogP contribution in [0.4, 0.5) is 0 Å². The highest BCUT2D eigenvalue weighted by Crippen LogP contribution is 2.29. The van der Waals surface area contributed by atoms with E-state index in [2.05, 4.69) is 21.5 Å². The molecule has 0 saturated heterocycles. The van der Waals surface area contributed by atoms with E-state index in [9.17, 15) is 0 Å². The molecule has 3 aromatic rings. The van der Waals surface area contributed by atoms with Gasteiger partial charge in [-0.25, -0.2) is 0 Å². The topological polar surface area (TPSA) is 66.0 Å². The molecule has 0 aliphatic rings. The predicted octanol–water partition coefficient (Wildman–Crippen LogP) is 3.32. The molecule has 8 heteroatoms. The second-order valence-corrected chi connectivity index (χ2v) is 5.74. The maximum Gasteiger partial charge on any atom is 0.228 e. The Kier molecular flexibility index (Phi) is 4.26. The van der Waals surface area contributed by atoms with Crippen LogP contribution in [0.1, 0.15) is 12.5 Å². The number of hydrogen-bond donors (Lipinski definition) is 0. The monoisotopic (exact) mass is 322 g/mol. The minimum Gasteiger partial charge on any atom is -0.480 e. The van der Waals surface area contributed by atoms with Gasteiger partial charge in [-0.15, -0.1) is 10.2 Å². The fraction of sp³-hybridized carbons (Fsp3) is 0.308. The number of hydrogen-bond acceptors (Lipinski definition) is 7. The zero-order chi connectivity index (χ0) is 14.7. The molecular formula is C13H14N4O2S2. The Morgan fingerprint density at radius 2 is 2.33 bits per heavy atom. The highest BCUT2D eigenvalue weighted by Gasteiger charge is 2.16. The molecule has 0 spiro atoms. The van der Waals surface area contributed by atoms with Crippen molar-refractivity contribution in [2.75, 3.05) is 7.11 Å². The van der Waals surface area contributed by atoms with E-state index in [0.717, 1.165) is 34.6 Å². The maximum absolute atomic E-state index is 5.40. The Labute approximate surface area is 130 Å². The summed E-state index contributed by atoms with van der Waals surface area (Å²) >= 11 is 3.00. The Balaban J connectivity index is 1.80. The van der Waals surface area contributed by atoms with Gasteiger partial charge in [0.05, 0.1) is 13.4 Å². The first kappa shape index (κ1) is 14.2. The number of rotatable bonds is 6. The van der Waals surface area contributed by atoms with Crippen molar-refractivity contribution < 1.29 is 9.15 Å². The van der Waals surface area contributed by atoms with Gasteiger partial charge in [0.25, 0.3) is 0 Å². The summed E-state index contributed by atoms with van der Waals surface area (Å²) < 4.78 is 16.8. The summed E-state index contributed by atoms with van der Waals surface area (Å²) in [6.45, 7) is 2.84. The number of ether oxygens (including phenoxy) is 1. The summed E-state index contributed by atoms with van der Waals surface area (Å²) in [5.74, 6) is 2.91. The van der Waals surface area contributed by atoms with Crippen LogP contribution in [0.15, 0.2) is 33.3 Å². The average molecular weight is 322 g/mol. The van der Waals surface area contributed by atoms with Gasteiger partial charge < -0.3 is 9.15 Å². The molecule has 0 radical (unpaired) electrons. The third kappa shape index (κ3) is 2.81. The van der Waals surface area contributed by atoms with Crippen molar-refractivity contribution in [1.82, 2.24) is 19.1 Å². The van der Waals surface area contributed by atoms with Crippen LogP contribution in [0.5, 0.6) is 5.88 Å². The van der Waals surface area contributed by atoms with Crippen LogP contribution in [-0.2, 0) is 12.3 Å². The van der Waals surface area contributed by atoms with Crippen molar-refractivity contribution >= 4 is 23.3 Å². The molecule has 3 rings (SSSR count). The molecule has 0 amide bonds. The van der Waals surface area contributed by atoms with Gasteiger partial charge in [0, 0.05) is 23.2 Å². The van der Waals surface area contributed by atoms with Gasteiger partial charge in [-0.2, -0.15) is 4.37 Å². The molecule has 110 valence electrons. The van der Waals surface area contributed by atoms with Crippen molar-refractivity contribution in [2.45, 2.75) is 24.4 Å². The molecule has 0 saturated carbocycles. The molecule has 0 unspecified atom stereocenters. The molecule has 0 aliphatic carbocycles. The lowest BCUT2D eigenvalue weighted by Crippen LogP contribution is -1.99. The van der Waals surface area contributed by atoms with Gasteiger partial charge in [-0.1, -0.05) is 11.8 Å². The summed E-state index contributed by atoms with van der Waals surface area (Å²) in [7, 11) is 1.63. The van der Waals surface area contributed by atoms with E-state index in [1.165, 1.54) is 11.5 Å². The fourth-order valence-electron chi connectivity index (χ4n) is 1.92. The van der Waals surface area contributed by atoms with Gasteiger partial charge in [0.1, 0.15) is 0 Å². The Morgan fingerprint density at radius 1 is 1.43 bits per heavy atom. The molecule has 6 nitrogen and oxygen atoms in total. The van der Waals surface area contributed by atoms with Crippen LogP contribution in [0, 0.1) is 0 Å². The second-order valence-electron chi connectivity index (χ2n) is 4.17. The SMILES string of the molecule is CCn1c(SCc2csnc2OC)nnc1-c1ccco1. The van der Waals surface area contributed by atoms with Crippen LogP contribution >= 0.6 is 23.3 Å². The Hall–Kier alpha value is -1.80. The van der Waals surface area contributed by atoms with E-state index in [4.69, 9.17) is 9.15 Å². The Morgan fingerprint density at radius 3 is 3.05 bits per heavy atom. The van der Waals surface area contributed by atoms with Crippen molar-refractivity contribution in [2.24, 2.45) is 0 Å². The van der Waals surface area contributed by atoms with Gasteiger partial charge in [-0.05, 0) is 30.6 Å². The van der Waals surface area contributed by atoms with Crippen molar-refractivity contribution in [1.29, 1.82) is 0 Å². The number of aromatic nitrogens is 4. The van der Waals surface area contributed by atoms with Crippen LogP contribution in [0.3, 0.4) is 0 Å². The van der Waals surface area contributed by atoms with Crippen LogP contribution in [0.25, 0.3) is 11.6 Å². The third-order valence-corrected chi connectivity index (χ3v) is 4.61. The summed E-state index contributed by atoms with van der Waals surface area (Å²) in [4.78, 5) is 0. The minimum absolute atomic E-state index is 0.682. The van der Waals surface area contributed by atoms with E-state index >= 15 is 0 Å². The molecule has 3 heterocycles. The molecular weight excluding hydrogens is 308 g/mol. The molecule has 0 fully saturated rings. The van der Waals surface area contributed by atoms with E-state index < -0.39 is 0 Å². The van der Waals surface area contributed by atoms with E-state index in [0.29, 0.717) is 5.88 Å². The van der Waals surface area contributed by atoms with Gasteiger partial charge >= 0.3 is 0 Å². The molecule has 0 aliphatic heterocycles. The summed E-state index contributed by atoms with van der Waals surface area (Å²) in [6, 6.07) is 3.73. The maximum atomic E-state index is 5.40. The van der Waals surface area contributed by atoms with Gasteiger partial charge in [-0.3, -0.25) is 4.57 Å². The summed E-state index contributed by atoms with van der Waals surface area (Å²) in [5.41, 5.74) is 1.07. The third-order valence-electron chi connectivity index (χ3n) is 2.93. The molecule has 3 aromatic heterocycles. The molecule has 0 aromatic carbocycles. The number of methoxy groups -OCH3 is 1. The number of thioether (sulfide) groups is 1. The summed E-state index contributed by atoms with van der Waals surface area (Å²) in [5, 5.41) is 11.3. The zero-order valence-corrected chi connectivity index (χ0v) is 13.3. The molecule has 0 N–H and O–H groups in total. The highest BCUT2D eigenvalue weighted by atomic mass is 32.2. The lowest BCUT2D eigenvalue weighted by molar-refractivity contribution is 0.399. The standard InChI is InChI=1S/C13H14N4O2S2/c1-3-17-11(10-5-4-6-19-10)14-15-13(17)20-7-9-8-21-16-12(9)18-2/h4-6,8H,3,7H2,1-2H3. The van der Waals surface area contributed by atoms with Crippen LogP contribution in [0.2, 0.25) is 0 Å².